The first-order chi connectivity index (χ1) is 35.9. The molecule has 14 rings (SSSR count). The molecule has 0 atom stereocenters. The van der Waals surface area contributed by atoms with Gasteiger partial charge in [-0.1, -0.05) is 217 Å². The number of hydrogen-bond donors (Lipinski definition) is 0. The lowest BCUT2D eigenvalue weighted by Crippen LogP contribution is -2.33. The van der Waals surface area contributed by atoms with Gasteiger partial charge in [0.15, 0.2) is 0 Å². The molecule has 10 aromatic rings. The molecule has 2 nitrogen and oxygen atoms in total. The van der Waals surface area contributed by atoms with Crippen molar-refractivity contribution in [2.75, 3.05) is 4.90 Å². The Morgan fingerprint density at radius 3 is 1.49 bits per heavy atom. The van der Waals surface area contributed by atoms with Crippen molar-refractivity contribution in [3.63, 3.8) is 0 Å². The fraction of sp³-hybridized carbons (Fsp3) is 0.155. The summed E-state index contributed by atoms with van der Waals surface area (Å²) in [5.41, 5.74) is 22.8. The van der Waals surface area contributed by atoms with E-state index in [1.165, 1.54) is 104 Å². The molecule has 2 aliphatic carbocycles. The zero-order valence-corrected chi connectivity index (χ0v) is 43.6. The third kappa shape index (κ3) is 6.45. The van der Waals surface area contributed by atoms with Gasteiger partial charge < -0.3 is 9.64 Å². The molecule has 0 saturated heterocycles. The van der Waals surface area contributed by atoms with Gasteiger partial charge in [-0.3, -0.25) is 0 Å². The fourth-order valence-electron chi connectivity index (χ4n) is 13.1. The van der Waals surface area contributed by atoms with Crippen LogP contribution < -0.4 is 9.64 Å². The number of rotatable bonds is 5. The van der Waals surface area contributed by atoms with E-state index in [-0.39, 0.29) is 10.8 Å². The summed E-state index contributed by atoms with van der Waals surface area (Å²) in [5.74, 6) is 1.83. The van der Waals surface area contributed by atoms with E-state index < -0.39 is 10.8 Å². The zero-order chi connectivity index (χ0) is 50.1. The van der Waals surface area contributed by atoms with Crippen LogP contribution >= 0.6 is 11.8 Å². The summed E-state index contributed by atoms with van der Waals surface area (Å²) >= 11 is 1.89. The van der Waals surface area contributed by atoms with Gasteiger partial charge in [0.25, 0.3) is 0 Å². The number of anilines is 2. The number of fused-ring (bicyclic) bond motifs is 18. The number of hydrogen-bond acceptors (Lipinski definition) is 3. The molecule has 0 fully saturated rings. The molecule has 3 heteroatoms. The highest BCUT2D eigenvalue weighted by Gasteiger charge is 2.53. The molecule has 74 heavy (non-hydrogen) atoms. The summed E-state index contributed by atoms with van der Waals surface area (Å²) in [6.45, 7) is 14.5. The van der Waals surface area contributed by atoms with Gasteiger partial charge in [-0.25, -0.2) is 0 Å². The van der Waals surface area contributed by atoms with Gasteiger partial charge in [-0.05, 0) is 155 Å². The number of benzene rings is 10. The first kappa shape index (κ1) is 44.8. The molecule has 4 aliphatic rings. The zero-order valence-electron chi connectivity index (χ0n) is 42.8. The first-order valence-electron chi connectivity index (χ1n) is 26.2. The highest BCUT2D eigenvalue weighted by molar-refractivity contribution is 7.99. The highest BCUT2D eigenvalue weighted by Crippen LogP contribution is 2.65. The Balaban J connectivity index is 1.01. The van der Waals surface area contributed by atoms with Crippen molar-refractivity contribution < 1.29 is 4.74 Å². The van der Waals surface area contributed by atoms with Crippen LogP contribution in [0.25, 0.3) is 33.4 Å². The Morgan fingerprint density at radius 1 is 0.378 bits per heavy atom. The second-order valence-corrected chi connectivity index (χ2v) is 23.9. The summed E-state index contributed by atoms with van der Waals surface area (Å²) in [4.78, 5) is 5.19. The van der Waals surface area contributed by atoms with Crippen LogP contribution in [0.2, 0.25) is 0 Å². The van der Waals surface area contributed by atoms with Crippen molar-refractivity contribution in [2.24, 2.45) is 0 Å². The minimum atomic E-state index is -0.624. The van der Waals surface area contributed by atoms with Gasteiger partial charge >= 0.3 is 0 Å². The average molecular weight is 972 g/mol. The average Bonchev–Trinajstić information content (AvgIpc) is 3.88. The largest absolute Gasteiger partial charge is 0.457 e. The van der Waals surface area contributed by atoms with Crippen LogP contribution in [0.3, 0.4) is 0 Å². The molecule has 0 radical (unpaired) electrons. The lowest BCUT2D eigenvalue weighted by atomic mass is 9.64. The summed E-state index contributed by atoms with van der Waals surface area (Å²) in [5, 5.41) is 0. The number of ether oxygens (including phenoxy) is 1. The van der Waals surface area contributed by atoms with E-state index in [1.54, 1.807) is 0 Å². The maximum Gasteiger partial charge on any atom is 0.132 e. The summed E-state index contributed by atoms with van der Waals surface area (Å²) in [6.07, 6.45) is 0. The molecule has 358 valence electrons. The van der Waals surface area contributed by atoms with Crippen LogP contribution in [0.5, 0.6) is 11.5 Å². The molecule has 0 unspecified atom stereocenters. The second-order valence-electron chi connectivity index (χ2n) is 22.8. The summed E-state index contributed by atoms with van der Waals surface area (Å²) in [6, 6.07) is 84.9. The summed E-state index contributed by atoms with van der Waals surface area (Å²) < 4.78 is 7.02. The molecule has 2 spiro atoms. The monoisotopic (exact) mass is 971 g/mol. The molecule has 2 heterocycles. The quantitative estimate of drug-likeness (QED) is 0.171. The van der Waals surface area contributed by atoms with E-state index in [4.69, 9.17) is 4.74 Å². The van der Waals surface area contributed by atoms with Crippen LogP contribution in [0.1, 0.15) is 103 Å². The Kier molecular flexibility index (Phi) is 9.89. The smallest absolute Gasteiger partial charge is 0.132 e. The van der Waals surface area contributed by atoms with Crippen molar-refractivity contribution in [2.45, 2.75) is 79.5 Å². The standard InChI is InChI=1S/C71H57NOS/c1-68(2,3)48-33-39-63-61(41-48)71(62-42-49(69(4,5)6)34-40-64(62)73-63)56-25-13-11-23-54(56)67-47(21-18-28-59(67)71)44-72(50-35-31-46(32-36-50)45-19-8-7-9-20-45)51-37-38-53-52-22-10-12-24-55(52)70(60(53)43-51)57-26-14-16-29-65(57)74-66-30-17-15-27-58(66)70/h7-43H,44H2,1-6H3. The molecule has 0 N–H and O–H groups in total. The third-order valence-corrected chi connectivity index (χ3v) is 17.8. The van der Waals surface area contributed by atoms with Gasteiger partial charge in [0.1, 0.15) is 11.5 Å². The molecule has 0 bridgehead atoms. The normalized spacial score (nSPS) is 14.7. The van der Waals surface area contributed by atoms with E-state index in [9.17, 15) is 0 Å². The van der Waals surface area contributed by atoms with Crippen molar-refractivity contribution >= 4 is 23.1 Å². The van der Waals surface area contributed by atoms with Crippen LogP contribution in [-0.4, -0.2) is 0 Å². The van der Waals surface area contributed by atoms with Crippen LogP contribution in [0.4, 0.5) is 11.4 Å². The van der Waals surface area contributed by atoms with E-state index in [2.05, 4.69) is 271 Å². The Labute approximate surface area is 440 Å². The third-order valence-electron chi connectivity index (χ3n) is 16.6. The van der Waals surface area contributed by atoms with Gasteiger partial charge in [-0.15, -0.1) is 0 Å². The van der Waals surface area contributed by atoms with Gasteiger partial charge in [-0.2, -0.15) is 0 Å². The van der Waals surface area contributed by atoms with E-state index in [0.717, 1.165) is 22.9 Å². The van der Waals surface area contributed by atoms with Gasteiger partial charge in [0, 0.05) is 38.8 Å². The minimum absolute atomic E-state index is 0.0699. The van der Waals surface area contributed by atoms with E-state index in [0.29, 0.717) is 6.54 Å². The molecular weight excluding hydrogens is 915 g/mol. The summed E-state index contributed by atoms with van der Waals surface area (Å²) in [7, 11) is 0. The molecule has 2 aliphatic heterocycles. The van der Waals surface area contributed by atoms with E-state index in [1.807, 2.05) is 11.8 Å². The van der Waals surface area contributed by atoms with Crippen LogP contribution in [0.15, 0.2) is 234 Å². The fourth-order valence-corrected chi connectivity index (χ4v) is 14.3. The van der Waals surface area contributed by atoms with Gasteiger partial charge in [0.2, 0.25) is 0 Å². The molecular formula is C71H57NOS. The predicted octanol–water partition coefficient (Wildman–Crippen LogP) is 18.6. The second kappa shape index (κ2) is 16.3. The van der Waals surface area contributed by atoms with Crippen LogP contribution in [0, 0.1) is 0 Å². The van der Waals surface area contributed by atoms with Crippen molar-refractivity contribution in [1.29, 1.82) is 0 Å². The maximum atomic E-state index is 7.02. The topological polar surface area (TPSA) is 12.5 Å². The van der Waals surface area contributed by atoms with Crippen molar-refractivity contribution in [1.82, 2.24) is 0 Å². The number of nitrogens with zero attached hydrogens (tertiary/aromatic N) is 1. The van der Waals surface area contributed by atoms with Crippen LogP contribution in [-0.2, 0) is 28.2 Å². The molecule has 0 aromatic heterocycles. The van der Waals surface area contributed by atoms with Gasteiger partial charge in [0.05, 0.1) is 10.8 Å². The lowest BCUT2D eigenvalue weighted by Gasteiger charge is -2.41. The predicted molar refractivity (Wildman–Crippen MR) is 307 cm³/mol. The molecule has 0 saturated carbocycles. The maximum absolute atomic E-state index is 7.02. The van der Waals surface area contributed by atoms with E-state index >= 15 is 0 Å². The highest BCUT2D eigenvalue weighted by atomic mass is 32.2. The minimum Gasteiger partial charge on any atom is -0.457 e. The lowest BCUT2D eigenvalue weighted by molar-refractivity contribution is 0.433. The Bertz CT molecular complexity index is 3800. The SMILES string of the molecule is CC(C)(C)c1ccc2c(c1)C1(c3cc(C(C)(C)C)ccc3O2)c2ccccc2-c2c(CN(c3ccc(-c4ccccc4)cc3)c3ccc4c(c3)C3(c5ccccc5Sc5ccccc53)c3ccccc3-4)cccc21. The van der Waals surface area contributed by atoms with Crippen molar-refractivity contribution in [3.05, 3.63) is 286 Å². The molecule has 0 amide bonds. The molecule has 10 aromatic carbocycles. The Hall–Kier alpha value is -7.85. The first-order valence-corrected chi connectivity index (χ1v) is 27.0. The Morgan fingerprint density at radius 2 is 0.865 bits per heavy atom. The van der Waals surface area contributed by atoms with Crippen molar-refractivity contribution in [3.8, 4) is 44.9 Å².